The Bertz CT molecular complexity index is 360. The van der Waals surface area contributed by atoms with Gasteiger partial charge in [-0.2, -0.15) is 0 Å². The molecular weight excluding hydrogens is 200 g/mol. The van der Waals surface area contributed by atoms with E-state index in [1.807, 2.05) is 30.9 Å². The van der Waals surface area contributed by atoms with Crippen molar-refractivity contribution in [2.75, 3.05) is 18.0 Å². The van der Waals surface area contributed by atoms with E-state index in [4.69, 9.17) is 6.42 Å². The van der Waals surface area contributed by atoms with Crippen molar-refractivity contribution >= 4 is 5.82 Å². The lowest BCUT2D eigenvalue weighted by atomic mass is 10.2. The lowest BCUT2D eigenvalue weighted by Gasteiger charge is -2.20. The Balaban J connectivity index is 3.06. The van der Waals surface area contributed by atoms with Crippen LogP contribution in [-0.4, -0.2) is 23.2 Å². The minimum Gasteiger partial charge on any atom is -0.392 e. The lowest BCUT2D eigenvalue weighted by Crippen LogP contribution is -2.24. The van der Waals surface area contributed by atoms with Crippen LogP contribution in [0.15, 0.2) is 12.1 Å². The molecule has 3 heteroatoms. The van der Waals surface area contributed by atoms with E-state index in [1.54, 1.807) is 0 Å². The first-order chi connectivity index (χ1) is 7.74. The van der Waals surface area contributed by atoms with E-state index in [1.165, 1.54) is 0 Å². The Hall–Kier alpha value is -1.53. The quantitative estimate of drug-likeness (QED) is 0.763. The molecule has 0 radical (unpaired) electrons. The number of nitrogens with zero attached hydrogens (tertiary/aromatic N) is 2. The molecule has 0 aliphatic carbocycles. The topological polar surface area (TPSA) is 36.4 Å². The number of terminal acetylenes is 1. The fraction of sp³-hybridized carbons (Fsp3) is 0.462. The second-order valence-electron chi connectivity index (χ2n) is 3.55. The first kappa shape index (κ1) is 12.5. The number of hydrogen-bond donors (Lipinski definition) is 1. The van der Waals surface area contributed by atoms with Crippen LogP contribution in [0.1, 0.15) is 25.1 Å². The molecular formula is C13H18N2O. The zero-order valence-electron chi connectivity index (χ0n) is 9.90. The molecule has 0 aliphatic rings. The third kappa shape index (κ3) is 2.98. The predicted octanol–water partition coefficient (Wildman–Crippen LogP) is 1.60. The van der Waals surface area contributed by atoms with Gasteiger partial charge in [-0.05, 0) is 31.0 Å². The number of aliphatic hydroxyl groups excluding tert-OH is 1. The van der Waals surface area contributed by atoms with E-state index in [0.717, 1.165) is 30.0 Å². The minimum atomic E-state index is 0.0378. The molecule has 1 N–H and O–H groups in total. The zero-order valence-corrected chi connectivity index (χ0v) is 9.90. The summed E-state index contributed by atoms with van der Waals surface area (Å²) >= 11 is 0. The van der Waals surface area contributed by atoms with Crippen molar-refractivity contribution in [2.45, 2.75) is 26.9 Å². The molecule has 0 amide bonds. The van der Waals surface area contributed by atoms with Crippen LogP contribution in [0.2, 0.25) is 0 Å². The molecule has 0 spiro atoms. The molecule has 0 saturated carbocycles. The maximum atomic E-state index is 9.18. The molecule has 0 bridgehead atoms. The van der Waals surface area contributed by atoms with E-state index < -0.39 is 0 Å². The summed E-state index contributed by atoms with van der Waals surface area (Å²) in [6.45, 7) is 5.48. The maximum Gasteiger partial charge on any atom is 0.129 e. The van der Waals surface area contributed by atoms with Gasteiger partial charge in [0, 0.05) is 12.2 Å². The summed E-state index contributed by atoms with van der Waals surface area (Å²) in [5.41, 5.74) is 1.87. The van der Waals surface area contributed by atoms with Crippen LogP contribution < -0.4 is 4.90 Å². The van der Waals surface area contributed by atoms with Crippen molar-refractivity contribution in [2.24, 2.45) is 0 Å². The molecule has 1 aromatic heterocycles. The van der Waals surface area contributed by atoms with Gasteiger partial charge in [0.15, 0.2) is 0 Å². The van der Waals surface area contributed by atoms with Gasteiger partial charge >= 0.3 is 0 Å². The third-order valence-electron chi connectivity index (χ3n) is 2.46. The molecule has 0 saturated heterocycles. The van der Waals surface area contributed by atoms with Crippen LogP contribution in [0.3, 0.4) is 0 Å². The largest absolute Gasteiger partial charge is 0.392 e. The molecule has 0 atom stereocenters. The van der Waals surface area contributed by atoms with Crippen LogP contribution in [0.25, 0.3) is 0 Å². The van der Waals surface area contributed by atoms with Gasteiger partial charge in [-0.3, -0.25) is 0 Å². The standard InChI is InChI=1S/C13H18N2O/c1-4-7-15(6-3)13-9-11(10-16)8-12(5-2)14-13/h1,8-9,16H,5-7,10H2,2-3H3. The van der Waals surface area contributed by atoms with Crippen LogP contribution in [0.5, 0.6) is 0 Å². The second-order valence-corrected chi connectivity index (χ2v) is 3.55. The van der Waals surface area contributed by atoms with Crippen molar-refractivity contribution in [1.29, 1.82) is 0 Å². The Kier molecular flexibility index (Phi) is 4.81. The number of pyridine rings is 1. The number of aliphatic hydroxyl groups is 1. The average Bonchev–Trinajstić information content (AvgIpc) is 2.35. The second kappa shape index (κ2) is 6.14. The summed E-state index contributed by atoms with van der Waals surface area (Å²) in [5.74, 6) is 3.47. The van der Waals surface area contributed by atoms with E-state index >= 15 is 0 Å². The van der Waals surface area contributed by atoms with Gasteiger partial charge in [0.2, 0.25) is 0 Å². The minimum absolute atomic E-state index is 0.0378. The highest BCUT2D eigenvalue weighted by Crippen LogP contribution is 2.15. The smallest absolute Gasteiger partial charge is 0.129 e. The van der Waals surface area contributed by atoms with Crippen LogP contribution >= 0.6 is 0 Å². The van der Waals surface area contributed by atoms with Gasteiger partial charge < -0.3 is 10.0 Å². The van der Waals surface area contributed by atoms with Crippen molar-refractivity contribution in [3.05, 3.63) is 23.4 Å². The molecule has 86 valence electrons. The molecule has 0 aliphatic heterocycles. The molecule has 0 aromatic carbocycles. The first-order valence-corrected chi connectivity index (χ1v) is 5.54. The predicted molar refractivity (Wildman–Crippen MR) is 66.3 cm³/mol. The molecule has 0 fully saturated rings. The summed E-state index contributed by atoms with van der Waals surface area (Å²) in [6, 6.07) is 3.81. The molecule has 16 heavy (non-hydrogen) atoms. The Morgan fingerprint density at radius 1 is 1.44 bits per heavy atom. The van der Waals surface area contributed by atoms with E-state index in [0.29, 0.717) is 6.54 Å². The Morgan fingerprint density at radius 3 is 2.69 bits per heavy atom. The van der Waals surface area contributed by atoms with E-state index in [9.17, 15) is 5.11 Å². The van der Waals surface area contributed by atoms with Crippen molar-refractivity contribution < 1.29 is 5.11 Å². The van der Waals surface area contributed by atoms with E-state index in [-0.39, 0.29) is 6.61 Å². The summed E-state index contributed by atoms with van der Waals surface area (Å²) in [5, 5.41) is 9.18. The Labute approximate surface area is 97.1 Å². The van der Waals surface area contributed by atoms with Gasteiger partial charge in [-0.15, -0.1) is 6.42 Å². The fourth-order valence-electron chi connectivity index (χ4n) is 1.53. The molecule has 1 aromatic rings. The van der Waals surface area contributed by atoms with Crippen LogP contribution in [0, 0.1) is 12.3 Å². The normalized spacial score (nSPS) is 9.88. The maximum absolute atomic E-state index is 9.18. The van der Waals surface area contributed by atoms with Crippen molar-refractivity contribution in [3.8, 4) is 12.3 Å². The fourth-order valence-corrected chi connectivity index (χ4v) is 1.53. The van der Waals surface area contributed by atoms with Crippen molar-refractivity contribution in [3.63, 3.8) is 0 Å². The first-order valence-electron chi connectivity index (χ1n) is 5.54. The highest BCUT2D eigenvalue weighted by Gasteiger charge is 2.07. The SMILES string of the molecule is C#CCN(CC)c1cc(CO)cc(CC)n1. The number of aryl methyl sites for hydroxylation is 1. The molecule has 1 heterocycles. The van der Waals surface area contributed by atoms with Gasteiger partial charge in [-0.1, -0.05) is 12.8 Å². The monoisotopic (exact) mass is 218 g/mol. The lowest BCUT2D eigenvalue weighted by molar-refractivity contribution is 0.281. The molecule has 0 unspecified atom stereocenters. The Morgan fingerprint density at radius 2 is 2.19 bits per heavy atom. The third-order valence-corrected chi connectivity index (χ3v) is 2.46. The summed E-state index contributed by atoms with van der Waals surface area (Å²) in [7, 11) is 0. The van der Waals surface area contributed by atoms with Gasteiger partial charge in [0.1, 0.15) is 5.82 Å². The van der Waals surface area contributed by atoms with Gasteiger partial charge in [0.05, 0.1) is 13.2 Å². The summed E-state index contributed by atoms with van der Waals surface area (Å²) < 4.78 is 0. The highest BCUT2D eigenvalue weighted by molar-refractivity contribution is 5.43. The number of anilines is 1. The summed E-state index contributed by atoms with van der Waals surface area (Å²) in [6.07, 6.45) is 6.17. The van der Waals surface area contributed by atoms with Crippen molar-refractivity contribution in [1.82, 2.24) is 4.98 Å². The van der Waals surface area contributed by atoms with Gasteiger partial charge in [-0.25, -0.2) is 4.98 Å². The zero-order chi connectivity index (χ0) is 12.0. The highest BCUT2D eigenvalue weighted by atomic mass is 16.3. The van der Waals surface area contributed by atoms with E-state index in [2.05, 4.69) is 10.9 Å². The average molecular weight is 218 g/mol. The van der Waals surface area contributed by atoms with Crippen LogP contribution in [0.4, 0.5) is 5.82 Å². The number of aromatic nitrogens is 1. The summed E-state index contributed by atoms with van der Waals surface area (Å²) in [4.78, 5) is 6.52. The number of hydrogen-bond acceptors (Lipinski definition) is 3. The van der Waals surface area contributed by atoms with Crippen LogP contribution in [-0.2, 0) is 13.0 Å². The molecule has 3 nitrogen and oxygen atoms in total. The number of rotatable bonds is 5. The van der Waals surface area contributed by atoms with Gasteiger partial charge in [0.25, 0.3) is 0 Å². The molecule has 1 rings (SSSR count).